The number of hydrogen-bond acceptors (Lipinski definition) is 5. The third-order valence-corrected chi connectivity index (χ3v) is 19.0. The average Bonchev–Trinajstić information content (AvgIpc) is 4.31. The molecule has 0 bridgehead atoms. The molecule has 0 N–H and O–H groups in total. The van der Waals surface area contributed by atoms with Gasteiger partial charge in [0.15, 0.2) is 0 Å². The van der Waals surface area contributed by atoms with E-state index in [0.717, 1.165) is 42.3 Å². The van der Waals surface area contributed by atoms with Crippen LogP contribution in [0.5, 0.6) is 0 Å². The second kappa shape index (κ2) is 25.1. The molecule has 9 aromatic rings. The van der Waals surface area contributed by atoms with Crippen molar-refractivity contribution in [3.05, 3.63) is 223 Å². The van der Waals surface area contributed by atoms with Crippen molar-refractivity contribution in [1.82, 2.24) is 8.75 Å². The zero-order valence-electron chi connectivity index (χ0n) is 45.3. The highest BCUT2D eigenvalue weighted by Crippen LogP contribution is 2.60. The van der Waals surface area contributed by atoms with E-state index in [2.05, 4.69) is 188 Å². The third-order valence-electron chi connectivity index (χ3n) is 16.6. The summed E-state index contributed by atoms with van der Waals surface area (Å²) in [6.45, 7) is 9.21. The number of rotatable bonds is 27. The molecule has 1 aliphatic carbocycles. The van der Waals surface area contributed by atoms with Crippen molar-refractivity contribution in [2.75, 3.05) is 0 Å². The fourth-order valence-corrected chi connectivity index (χ4v) is 14.9. The molecule has 386 valence electrons. The lowest BCUT2D eigenvalue weighted by Crippen LogP contribution is -2.31. The van der Waals surface area contributed by atoms with E-state index in [1.165, 1.54) is 197 Å². The van der Waals surface area contributed by atoms with Crippen LogP contribution in [0.2, 0.25) is 0 Å². The van der Waals surface area contributed by atoms with Crippen LogP contribution in [0, 0.1) is 0 Å². The van der Waals surface area contributed by atoms with Gasteiger partial charge >= 0.3 is 0 Å². The first-order valence-corrected chi connectivity index (χ1v) is 31.4. The van der Waals surface area contributed by atoms with Crippen molar-refractivity contribution in [2.45, 2.75) is 167 Å². The van der Waals surface area contributed by atoms with E-state index in [1.54, 1.807) is 0 Å². The van der Waals surface area contributed by atoms with Gasteiger partial charge in [-0.15, -0.1) is 22.7 Å². The molecular weight excluding hydrogens is 965 g/mol. The minimum absolute atomic E-state index is 0.456. The summed E-state index contributed by atoms with van der Waals surface area (Å²) in [6.07, 6.45) is 24.8. The number of hydrogen-bond donors (Lipinski definition) is 0. The number of benzene rings is 6. The minimum Gasteiger partial charge on any atom is -0.173 e. The summed E-state index contributed by atoms with van der Waals surface area (Å²) in [4.78, 5) is 2.60. The molecule has 0 aliphatic heterocycles. The van der Waals surface area contributed by atoms with Gasteiger partial charge in [-0.1, -0.05) is 226 Å². The van der Waals surface area contributed by atoms with Crippen LogP contribution in [0.4, 0.5) is 0 Å². The van der Waals surface area contributed by atoms with Crippen LogP contribution < -0.4 is 0 Å². The molecule has 2 nitrogen and oxygen atoms in total. The van der Waals surface area contributed by atoms with Gasteiger partial charge in [0.2, 0.25) is 0 Å². The molecule has 3 heterocycles. The van der Waals surface area contributed by atoms with Gasteiger partial charge in [-0.2, -0.15) is 8.75 Å². The number of nitrogens with zero attached hydrogens (tertiary/aromatic N) is 2. The highest BCUT2D eigenvalue weighted by molar-refractivity contribution is 7.14. The molecule has 0 saturated heterocycles. The predicted octanol–water partition coefficient (Wildman–Crippen LogP) is 20.7. The molecule has 1 aliphatic rings. The van der Waals surface area contributed by atoms with Crippen LogP contribution >= 0.6 is 34.4 Å². The first-order chi connectivity index (χ1) is 37.0. The summed E-state index contributed by atoms with van der Waals surface area (Å²) in [5.41, 5.74) is 19.7. The number of aryl methyl sites for hydroxylation is 4. The Kier molecular flexibility index (Phi) is 17.7. The topological polar surface area (TPSA) is 25.8 Å². The quantitative estimate of drug-likeness (QED) is 0.0379. The van der Waals surface area contributed by atoms with E-state index in [9.17, 15) is 0 Å². The molecule has 10 rings (SSSR count). The molecule has 0 amide bonds. The molecule has 75 heavy (non-hydrogen) atoms. The molecule has 6 aromatic carbocycles. The molecule has 0 radical (unpaired) electrons. The zero-order valence-corrected chi connectivity index (χ0v) is 47.7. The maximum absolute atomic E-state index is 4.84. The van der Waals surface area contributed by atoms with E-state index in [-0.39, 0.29) is 0 Å². The highest BCUT2D eigenvalue weighted by Gasteiger charge is 2.48. The molecule has 0 saturated carbocycles. The van der Waals surface area contributed by atoms with Crippen molar-refractivity contribution in [1.29, 1.82) is 0 Å². The second-order valence-electron chi connectivity index (χ2n) is 21.6. The third kappa shape index (κ3) is 10.9. The maximum Gasteiger partial charge on any atom is 0.113 e. The zero-order chi connectivity index (χ0) is 51.5. The number of thiophene rings is 2. The van der Waals surface area contributed by atoms with Gasteiger partial charge in [0.25, 0.3) is 0 Å². The summed E-state index contributed by atoms with van der Waals surface area (Å²) in [5, 5.41) is 4.80. The number of fused-ring (bicyclic) bond motifs is 4. The summed E-state index contributed by atoms with van der Waals surface area (Å²) < 4.78 is 9.50. The van der Waals surface area contributed by atoms with Crippen LogP contribution in [-0.4, -0.2) is 8.75 Å². The van der Waals surface area contributed by atoms with Crippen LogP contribution in [0.15, 0.2) is 156 Å². The van der Waals surface area contributed by atoms with Gasteiger partial charge in [0.05, 0.1) is 22.6 Å². The van der Waals surface area contributed by atoms with E-state index in [1.807, 2.05) is 22.7 Å². The largest absolute Gasteiger partial charge is 0.173 e. The monoisotopic (exact) mass is 1040 g/mol. The van der Waals surface area contributed by atoms with Crippen molar-refractivity contribution in [3.63, 3.8) is 0 Å². The summed E-state index contributed by atoms with van der Waals surface area (Å²) in [5.74, 6) is 0. The molecule has 0 spiro atoms. The van der Waals surface area contributed by atoms with Gasteiger partial charge in [0, 0.05) is 15.3 Å². The number of unbranched alkanes of at least 4 members (excludes halogenated alkanes) is 12. The predicted molar refractivity (Wildman–Crippen MR) is 326 cm³/mol. The van der Waals surface area contributed by atoms with Gasteiger partial charge < -0.3 is 0 Å². The van der Waals surface area contributed by atoms with E-state index in [0.29, 0.717) is 0 Å². The maximum atomic E-state index is 4.84. The van der Waals surface area contributed by atoms with Gasteiger partial charge in [-0.25, -0.2) is 0 Å². The lowest BCUT2D eigenvalue weighted by atomic mass is 9.64. The standard InChI is InChI=1S/C70H78N2S3/c1-5-9-13-17-22-51-28-36-55(37-29-51)69(56-38-30-52(31-39-56)23-18-14-10-6-2,60-49-66(74-50-60)61-26-21-27-65-67(61)72-75-71-65)59-44-45-63-62(48-59)68-64(46-47-73-68)70(63,57-40-32-53(33-41-57)24-19-15-11-7-3)58-42-34-54(35-43-58)25-20-16-12-8-4/h21,26-50H,5-20,22-25H2,1-4H3. The van der Waals surface area contributed by atoms with E-state index >= 15 is 0 Å². The lowest BCUT2D eigenvalue weighted by molar-refractivity contribution is 0.665. The van der Waals surface area contributed by atoms with Crippen molar-refractivity contribution in [3.8, 4) is 20.9 Å². The van der Waals surface area contributed by atoms with Gasteiger partial charge in [0.1, 0.15) is 11.0 Å². The number of aromatic nitrogens is 2. The Morgan fingerprint density at radius 1 is 0.413 bits per heavy atom. The fraction of sp³-hybridized carbons (Fsp3) is 0.371. The first-order valence-electron chi connectivity index (χ1n) is 28.9. The smallest absolute Gasteiger partial charge is 0.113 e. The van der Waals surface area contributed by atoms with Crippen molar-refractivity contribution < 1.29 is 0 Å². The molecular formula is C70H78N2S3. The van der Waals surface area contributed by atoms with Crippen molar-refractivity contribution in [2.24, 2.45) is 0 Å². The average molecular weight is 1040 g/mol. The normalized spacial score (nSPS) is 12.9. The Bertz CT molecular complexity index is 3090. The summed E-state index contributed by atoms with van der Waals surface area (Å²) >= 11 is 5.05. The van der Waals surface area contributed by atoms with Crippen molar-refractivity contribution >= 4 is 45.4 Å². The Labute approximate surface area is 462 Å². The molecule has 0 atom stereocenters. The SMILES string of the molecule is CCCCCCc1ccc(C(c2ccc(CCCCCC)cc2)(c2csc(-c3cccc4nsnc34)c2)c2ccc3c(c2)-c2sccc2C3(c2ccc(CCCCCC)cc2)c2ccc(CCCCCC)cc2)cc1. The Hall–Kier alpha value is -5.46. The highest BCUT2D eigenvalue weighted by atomic mass is 32.1. The molecule has 0 fully saturated rings. The van der Waals surface area contributed by atoms with Crippen LogP contribution in [0.25, 0.3) is 31.9 Å². The Morgan fingerprint density at radius 3 is 1.41 bits per heavy atom. The fourth-order valence-electron chi connectivity index (χ4n) is 12.4. The molecule has 0 unspecified atom stereocenters. The summed E-state index contributed by atoms with van der Waals surface area (Å²) in [6, 6.07) is 58.3. The Balaban J connectivity index is 1.17. The second-order valence-corrected chi connectivity index (χ2v) is 23.9. The molecule has 3 aromatic heterocycles. The van der Waals surface area contributed by atoms with E-state index in [4.69, 9.17) is 4.37 Å². The lowest BCUT2D eigenvalue weighted by Gasteiger charge is -2.37. The van der Waals surface area contributed by atoms with Crippen LogP contribution in [-0.2, 0) is 36.5 Å². The molecule has 5 heteroatoms. The van der Waals surface area contributed by atoms with Gasteiger partial charge in [-0.05, 0) is 159 Å². The van der Waals surface area contributed by atoms with E-state index < -0.39 is 10.8 Å². The van der Waals surface area contributed by atoms with Crippen LogP contribution in [0.3, 0.4) is 0 Å². The van der Waals surface area contributed by atoms with Crippen LogP contribution in [0.1, 0.15) is 197 Å². The minimum atomic E-state index is -0.624. The van der Waals surface area contributed by atoms with Gasteiger partial charge in [-0.3, -0.25) is 0 Å². The first kappa shape index (κ1) is 53.0. The Morgan fingerprint density at radius 2 is 0.907 bits per heavy atom. The summed E-state index contributed by atoms with van der Waals surface area (Å²) in [7, 11) is 0.